The molecule has 27 heavy (non-hydrogen) atoms. The highest BCUT2D eigenvalue weighted by molar-refractivity contribution is 6.01. The van der Waals surface area contributed by atoms with Gasteiger partial charge in [0, 0.05) is 43.7 Å². The van der Waals surface area contributed by atoms with Gasteiger partial charge in [-0.3, -0.25) is 14.3 Å². The van der Waals surface area contributed by atoms with Crippen LogP contribution < -0.4 is 10.2 Å². The van der Waals surface area contributed by atoms with Gasteiger partial charge in [0.25, 0.3) is 5.91 Å². The van der Waals surface area contributed by atoms with Gasteiger partial charge in [-0.15, -0.1) is 0 Å². The number of hydrogen-bond acceptors (Lipinski definition) is 4. The summed E-state index contributed by atoms with van der Waals surface area (Å²) in [4.78, 5) is 25.7. The topological polar surface area (TPSA) is 76.5 Å². The Morgan fingerprint density at radius 1 is 1.41 bits per heavy atom. The predicted molar refractivity (Wildman–Crippen MR) is 102 cm³/mol. The molecule has 142 valence electrons. The Balaban J connectivity index is 1.68. The van der Waals surface area contributed by atoms with Crippen molar-refractivity contribution in [2.24, 2.45) is 7.05 Å². The molecule has 1 unspecified atom stereocenters. The van der Waals surface area contributed by atoms with Crippen LogP contribution in [-0.2, 0) is 22.2 Å². The minimum atomic E-state index is -0.527. The number of benzene rings is 1. The molecule has 1 aromatic heterocycles. The van der Waals surface area contributed by atoms with E-state index in [9.17, 15) is 9.59 Å². The fourth-order valence-corrected chi connectivity index (χ4v) is 3.25. The number of rotatable bonds is 6. The lowest BCUT2D eigenvalue weighted by molar-refractivity contribution is -0.113. The molecule has 1 atom stereocenters. The van der Waals surface area contributed by atoms with Crippen LogP contribution in [-0.4, -0.2) is 41.8 Å². The van der Waals surface area contributed by atoms with Crippen molar-refractivity contribution in [2.75, 3.05) is 25.1 Å². The predicted octanol–water partition coefficient (Wildman–Crippen LogP) is 2.00. The maximum absolute atomic E-state index is 12.6. The summed E-state index contributed by atoms with van der Waals surface area (Å²) in [6.45, 7) is 4.53. The summed E-state index contributed by atoms with van der Waals surface area (Å²) in [6, 6.07) is 6.87. The number of hydrogen-bond donors (Lipinski definition) is 1. The average molecular weight is 368 g/mol. The molecule has 1 N–H and O–H groups in total. The summed E-state index contributed by atoms with van der Waals surface area (Å²) in [6.07, 6.45) is 6.76. The summed E-state index contributed by atoms with van der Waals surface area (Å²) in [5.74, 6) is -0.387. The van der Waals surface area contributed by atoms with Gasteiger partial charge in [0.05, 0.1) is 12.7 Å². The SMILES string of the molecule is C=CC(=O)N(C)c1ccc(C(=O)NCC2(c3cnn(C)c3)CCCO2)cc1. The number of ether oxygens (including phenoxy) is 1. The highest BCUT2D eigenvalue weighted by Crippen LogP contribution is 2.35. The fourth-order valence-electron chi connectivity index (χ4n) is 3.25. The zero-order valence-electron chi connectivity index (χ0n) is 15.6. The summed E-state index contributed by atoms with van der Waals surface area (Å²) in [5.41, 5.74) is 1.67. The summed E-state index contributed by atoms with van der Waals surface area (Å²) in [5, 5.41) is 7.20. The van der Waals surface area contributed by atoms with E-state index in [1.165, 1.54) is 11.0 Å². The zero-order valence-corrected chi connectivity index (χ0v) is 15.6. The maximum Gasteiger partial charge on any atom is 0.251 e. The van der Waals surface area contributed by atoms with Gasteiger partial charge in [-0.2, -0.15) is 5.10 Å². The molecule has 1 aliphatic heterocycles. The number of nitrogens with zero attached hydrogens (tertiary/aromatic N) is 3. The quantitative estimate of drug-likeness (QED) is 0.792. The van der Waals surface area contributed by atoms with Gasteiger partial charge in [-0.25, -0.2) is 0 Å². The van der Waals surface area contributed by atoms with Crippen LogP contribution in [0.15, 0.2) is 49.3 Å². The van der Waals surface area contributed by atoms with Crippen molar-refractivity contribution in [3.63, 3.8) is 0 Å². The van der Waals surface area contributed by atoms with Crippen molar-refractivity contribution in [1.29, 1.82) is 0 Å². The molecule has 2 amide bonds. The first kappa shape index (κ1) is 18.8. The van der Waals surface area contributed by atoms with E-state index in [-0.39, 0.29) is 11.8 Å². The first-order valence-corrected chi connectivity index (χ1v) is 8.87. The van der Waals surface area contributed by atoms with Crippen LogP contribution in [0, 0.1) is 0 Å². The Hall–Kier alpha value is -2.93. The lowest BCUT2D eigenvalue weighted by Crippen LogP contribution is -2.40. The van der Waals surface area contributed by atoms with E-state index in [4.69, 9.17) is 4.74 Å². The average Bonchev–Trinajstić information content (AvgIpc) is 3.35. The van der Waals surface area contributed by atoms with Crippen LogP contribution in [0.4, 0.5) is 5.69 Å². The van der Waals surface area contributed by atoms with Gasteiger partial charge in [-0.05, 0) is 43.2 Å². The van der Waals surface area contributed by atoms with Crippen molar-refractivity contribution in [1.82, 2.24) is 15.1 Å². The number of amides is 2. The van der Waals surface area contributed by atoms with E-state index in [0.29, 0.717) is 24.4 Å². The van der Waals surface area contributed by atoms with Crippen molar-refractivity contribution in [3.05, 3.63) is 60.4 Å². The number of likely N-dealkylation sites (N-methyl/N-ethyl adjacent to an activating group) is 1. The van der Waals surface area contributed by atoms with Gasteiger partial charge < -0.3 is 15.0 Å². The van der Waals surface area contributed by atoms with Gasteiger partial charge in [-0.1, -0.05) is 6.58 Å². The van der Waals surface area contributed by atoms with E-state index in [0.717, 1.165) is 18.4 Å². The Bertz CT molecular complexity index is 835. The van der Waals surface area contributed by atoms with Gasteiger partial charge in [0.15, 0.2) is 0 Å². The molecule has 2 heterocycles. The van der Waals surface area contributed by atoms with Crippen LogP contribution in [0.3, 0.4) is 0 Å². The first-order valence-electron chi connectivity index (χ1n) is 8.87. The Morgan fingerprint density at radius 2 is 2.15 bits per heavy atom. The van der Waals surface area contributed by atoms with Crippen LogP contribution in [0.2, 0.25) is 0 Å². The molecule has 1 aromatic carbocycles. The lowest BCUT2D eigenvalue weighted by Gasteiger charge is -2.27. The van der Waals surface area contributed by atoms with E-state index in [1.807, 2.05) is 13.2 Å². The second kappa shape index (κ2) is 7.75. The first-order chi connectivity index (χ1) is 12.9. The van der Waals surface area contributed by atoms with Crippen molar-refractivity contribution in [2.45, 2.75) is 18.4 Å². The van der Waals surface area contributed by atoms with Crippen molar-refractivity contribution in [3.8, 4) is 0 Å². The number of anilines is 1. The van der Waals surface area contributed by atoms with E-state index < -0.39 is 5.60 Å². The Morgan fingerprint density at radius 3 is 2.70 bits per heavy atom. The monoisotopic (exact) mass is 368 g/mol. The number of aryl methyl sites for hydroxylation is 1. The maximum atomic E-state index is 12.6. The largest absolute Gasteiger partial charge is 0.368 e. The highest BCUT2D eigenvalue weighted by Gasteiger charge is 2.38. The molecule has 0 bridgehead atoms. The molecule has 1 saturated heterocycles. The van der Waals surface area contributed by atoms with Crippen LogP contribution in [0.1, 0.15) is 28.8 Å². The van der Waals surface area contributed by atoms with Crippen LogP contribution >= 0.6 is 0 Å². The molecule has 0 saturated carbocycles. The number of carbonyl (C=O) groups excluding carboxylic acids is 2. The number of carbonyl (C=O) groups is 2. The minimum absolute atomic E-state index is 0.182. The summed E-state index contributed by atoms with van der Waals surface area (Å²) >= 11 is 0. The molecular formula is C20H24N4O3. The van der Waals surface area contributed by atoms with Gasteiger partial charge >= 0.3 is 0 Å². The molecule has 1 fully saturated rings. The normalized spacial score (nSPS) is 18.9. The molecule has 0 aliphatic carbocycles. The van der Waals surface area contributed by atoms with E-state index in [2.05, 4.69) is 17.0 Å². The third-order valence-electron chi connectivity index (χ3n) is 4.89. The molecule has 3 rings (SSSR count). The minimum Gasteiger partial charge on any atom is -0.368 e. The molecule has 7 nitrogen and oxygen atoms in total. The van der Waals surface area contributed by atoms with Gasteiger partial charge in [0.2, 0.25) is 5.91 Å². The standard InChI is InChI=1S/C20H24N4O3/c1-4-18(25)24(3)17-8-6-15(7-9-17)19(26)21-14-20(10-5-11-27-20)16-12-22-23(2)13-16/h4,6-9,12-13H,1,5,10-11,14H2,2-3H3,(H,21,26). The molecular weight excluding hydrogens is 344 g/mol. The third-order valence-corrected chi connectivity index (χ3v) is 4.89. The fraction of sp³-hybridized carbons (Fsp3) is 0.350. The lowest BCUT2D eigenvalue weighted by atomic mass is 9.93. The second-order valence-corrected chi connectivity index (χ2v) is 6.68. The zero-order chi connectivity index (χ0) is 19.4. The number of aromatic nitrogens is 2. The van der Waals surface area contributed by atoms with E-state index in [1.54, 1.807) is 42.2 Å². The van der Waals surface area contributed by atoms with Crippen molar-refractivity contribution >= 4 is 17.5 Å². The third kappa shape index (κ3) is 3.93. The van der Waals surface area contributed by atoms with Crippen molar-refractivity contribution < 1.29 is 14.3 Å². The Labute approximate surface area is 158 Å². The van der Waals surface area contributed by atoms with Crippen LogP contribution in [0.5, 0.6) is 0 Å². The highest BCUT2D eigenvalue weighted by atomic mass is 16.5. The van der Waals surface area contributed by atoms with Gasteiger partial charge in [0.1, 0.15) is 5.60 Å². The summed E-state index contributed by atoms with van der Waals surface area (Å²) in [7, 11) is 3.52. The molecule has 2 aromatic rings. The molecule has 0 radical (unpaired) electrons. The second-order valence-electron chi connectivity index (χ2n) is 6.68. The Kier molecular flexibility index (Phi) is 5.41. The van der Waals surface area contributed by atoms with E-state index >= 15 is 0 Å². The van der Waals surface area contributed by atoms with Crippen LogP contribution in [0.25, 0.3) is 0 Å². The molecule has 0 spiro atoms. The number of nitrogens with one attached hydrogen (secondary N) is 1. The summed E-state index contributed by atoms with van der Waals surface area (Å²) < 4.78 is 7.73. The molecule has 7 heteroatoms. The smallest absolute Gasteiger partial charge is 0.251 e. The molecule has 1 aliphatic rings.